The minimum atomic E-state index is -1.41. The van der Waals surface area contributed by atoms with Crippen LogP contribution in [0, 0.1) is 0 Å². The van der Waals surface area contributed by atoms with Gasteiger partial charge in [0.2, 0.25) is 23.6 Å². The second-order valence-corrected chi connectivity index (χ2v) is 6.75. The molecule has 0 saturated carbocycles. The third-order valence-electron chi connectivity index (χ3n) is 3.90. The largest absolute Gasteiger partial charge is 0.480 e. The normalized spacial score (nSPS) is 13.4. The smallest absolute Gasteiger partial charge is 0.322 e. The van der Waals surface area contributed by atoms with Crippen LogP contribution in [-0.2, 0) is 30.4 Å². The van der Waals surface area contributed by atoms with Gasteiger partial charge in [-0.25, -0.2) is 0 Å². The number of amides is 4. The summed E-state index contributed by atoms with van der Waals surface area (Å²) < 4.78 is 0. The first-order valence-electron chi connectivity index (χ1n) is 8.93. The molecule has 0 fully saturated rings. The summed E-state index contributed by atoms with van der Waals surface area (Å²) >= 11 is 3.95. The Hall–Kier alpha value is -3.12. The summed E-state index contributed by atoms with van der Waals surface area (Å²) in [5.41, 5.74) is 11.5. The predicted molar refractivity (Wildman–Crippen MR) is 110 cm³/mol. The molecule has 0 aliphatic carbocycles. The number of nitrogens with two attached hydrogens (primary N) is 2. The van der Waals surface area contributed by atoms with Gasteiger partial charge in [0.05, 0.1) is 12.5 Å². The summed E-state index contributed by atoms with van der Waals surface area (Å²) in [4.78, 5) is 59.0. The highest BCUT2D eigenvalue weighted by atomic mass is 32.1. The summed E-state index contributed by atoms with van der Waals surface area (Å²) in [5.74, 6) is -4.43. The van der Waals surface area contributed by atoms with Crippen LogP contribution < -0.4 is 27.4 Å². The fraction of sp³-hybridized carbons (Fsp3) is 0.389. The summed E-state index contributed by atoms with van der Waals surface area (Å²) in [6.45, 7) is -0.703. The molecule has 0 spiro atoms. The van der Waals surface area contributed by atoms with E-state index in [4.69, 9.17) is 16.6 Å². The number of thiol groups is 1. The van der Waals surface area contributed by atoms with Gasteiger partial charge in [0.15, 0.2) is 0 Å². The van der Waals surface area contributed by atoms with E-state index in [2.05, 4.69) is 28.6 Å². The SMILES string of the molecule is NC(=O)CC(NC(=O)C(Cc1ccccc1)NC(=O)C(N)CS)C(=O)NCC(=O)O. The molecule has 3 unspecified atom stereocenters. The Labute approximate surface area is 178 Å². The third-order valence-corrected chi connectivity index (χ3v) is 4.29. The minimum absolute atomic E-state index is 0.0490. The van der Waals surface area contributed by atoms with Crippen LogP contribution in [0.2, 0.25) is 0 Å². The lowest BCUT2D eigenvalue weighted by atomic mass is 10.0. The van der Waals surface area contributed by atoms with Crippen molar-refractivity contribution in [2.24, 2.45) is 11.5 Å². The van der Waals surface area contributed by atoms with Crippen molar-refractivity contribution >= 4 is 42.2 Å². The summed E-state index contributed by atoms with van der Waals surface area (Å²) in [6, 6.07) is 5.28. The summed E-state index contributed by atoms with van der Waals surface area (Å²) in [5, 5.41) is 15.6. The lowest BCUT2D eigenvalue weighted by Gasteiger charge is -2.23. The number of benzene rings is 1. The van der Waals surface area contributed by atoms with Crippen LogP contribution >= 0.6 is 12.6 Å². The van der Waals surface area contributed by atoms with E-state index >= 15 is 0 Å². The number of primary amides is 1. The molecule has 0 aliphatic rings. The van der Waals surface area contributed by atoms with Crippen LogP contribution in [0.3, 0.4) is 0 Å². The molecule has 1 aromatic carbocycles. The van der Waals surface area contributed by atoms with Gasteiger partial charge >= 0.3 is 5.97 Å². The van der Waals surface area contributed by atoms with Crippen molar-refractivity contribution in [3.05, 3.63) is 35.9 Å². The molecule has 0 bridgehead atoms. The van der Waals surface area contributed by atoms with Gasteiger partial charge in [-0.3, -0.25) is 24.0 Å². The highest BCUT2D eigenvalue weighted by Crippen LogP contribution is 2.05. The van der Waals surface area contributed by atoms with Gasteiger partial charge in [-0.15, -0.1) is 0 Å². The first-order valence-corrected chi connectivity index (χ1v) is 9.56. The van der Waals surface area contributed by atoms with E-state index < -0.39 is 60.7 Å². The molecule has 1 aromatic rings. The predicted octanol–water partition coefficient (Wildman–Crippen LogP) is -2.47. The highest BCUT2D eigenvalue weighted by Gasteiger charge is 2.29. The fourth-order valence-electron chi connectivity index (χ4n) is 2.39. The number of aliphatic carboxylic acids is 1. The van der Waals surface area contributed by atoms with Crippen molar-refractivity contribution in [1.29, 1.82) is 0 Å². The molecule has 4 amide bonds. The standard InChI is InChI=1S/C18H25N5O6S/c19-11(9-30)16(27)22-12(6-10-4-2-1-3-5-10)18(29)23-13(7-14(20)24)17(28)21-8-15(25)26/h1-5,11-13,30H,6-9,19H2,(H2,20,24)(H,21,28)(H,22,27)(H,23,29)(H,25,26). The molecule has 30 heavy (non-hydrogen) atoms. The van der Waals surface area contributed by atoms with Gasteiger partial charge in [0, 0.05) is 12.2 Å². The molecule has 11 nitrogen and oxygen atoms in total. The maximum atomic E-state index is 12.8. The van der Waals surface area contributed by atoms with E-state index in [1.807, 2.05) is 0 Å². The number of carbonyl (C=O) groups is 5. The van der Waals surface area contributed by atoms with E-state index in [0.29, 0.717) is 0 Å². The molecule has 3 atom stereocenters. The van der Waals surface area contributed by atoms with Gasteiger partial charge in [-0.1, -0.05) is 30.3 Å². The van der Waals surface area contributed by atoms with E-state index in [9.17, 15) is 24.0 Å². The molecule has 1 rings (SSSR count). The Morgan fingerprint density at radius 1 is 0.967 bits per heavy atom. The number of nitrogens with one attached hydrogen (secondary N) is 3. The Morgan fingerprint density at radius 2 is 1.57 bits per heavy atom. The van der Waals surface area contributed by atoms with Crippen molar-refractivity contribution < 1.29 is 29.1 Å². The topological polar surface area (TPSA) is 194 Å². The Balaban J connectivity index is 2.99. The van der Waals surface area contributed by atoms with E-state index in [0.717, 1.165) is 5.56 Å². The van der Waals surface area contributed by atoms with Crippen molar-refractivity contribution in [3.8, 4) is 0 Å². The van der Waals surface area contributed by atoms with Crippen molar-refractivity contribution in [2.45, 2.75) is 31.0 Å². The van der Waals surface area contributed by atoms with Gasteiger partial charge in [0.1, 0.15) is 18.6 Å². The second kappa shape index (κ2) is 12.4. The van der Waals surface area contributed by atoms with Gasteiger partial charge in [-0.2, -0.15) is 12.6 Å². The van der Waals surface area contributed by atoms with E-state index in [1.165, 1.54) is 0 Å². The highest BCUT2D eigenvalue weighted by molar-refractivity contribution is 7.80. The first kappa shape index (κ1) is 24.9. The van der Waals surface area contributed by atoms with Crippen LogP contribution in [0.15, 0.2) is 30.3 Å². The lowest BCUT2D eigenvalue weighted by Crippen LogP contribution is -2.57. The molecule has 0 heterocycles. The second-order valence-electron chi connectivity index (χ2n) is 6.38. The molecule has 164 valence electrons. The number of hydrogen-bond acceptors (Lipinski definition) is 7. The number of carbonyl (C=O) groups excluding carboxylic acids is 4. The molecule has 0 radical (unpaired) electrons. The Morgan fingerprint density at radius 3 is 2.10 bits per heavy atom. The maximum Gasteiger partial charge on any atom is 0.322 e. The lowest BCUT2D eigenvalue weighted by molar-refractivity contribution is -0.138. The van der Waals surface area contributed by atoms with E-state index in [1.54, 1.807) is 30.3 Å². The number of hydrogen-bond donors (Lipinski definition) is 7. The Kier molecular flexibility index (Phi) is 10.3. The minimum Gasteiger partial charge on any atom is -0.480 e. The average Bonchev–Trinajstić information content (AvgIpc) is 2.70. The van der Waals surface area contributed by atoms with Gasteiger partial charge < -0.3 is 32.5 Å². The molecule has 8 N–H and O–H groups in total. The molecule has 0 aromatic heterocycles. The average molecular weight is 439 g/mol. The third kappa shape index (κ3) is 8.92. The Bertz CT molecular complexity index is 776. The summed E-state index contributed by atoms with van der Waals surface area (Å²) in [6.07, 6.45) is -0.475. The van der Waals surface area contributed by atoms with Crippen molar-refractivity contribution in [3.63, 3.8) is 0 Å². The number of carboxylic acid groups (broad SMARTS) is 1. The fourth-order valence-corrected chi connectivity index (χ4v) is 2.56. The molecular weight excluding hydrogens is 414 g/mol. The number of rotatable bonds is 12. The maximum absolute atomic E-state index is 12.8. The molecule has 12 heteroatoms. The molecular formula is C18H25N5O6S. The van der Waals surface area contributed by atoms with Crippen LogP contribution in [0.25, 0.3) is 0 Å². The van der Waals surface area contributed by atoms with Crippen molar-refractivity contribution in [1.82, 2.24) is 16.0 Å². The zero-order valence-electron chi connectivity index (χ0n) is 16.0. The van der Waals surface area contributed by atoms with Gasteiger partial charge in [0.25, 0.3) is 0 Å². The zero-order valence-corrected chi connectivity index (χ0v) is 16.9. The van der Waals surface area contributed by atoms with Crippen LogP contribution in [0.5, 0.6) is 0 Å². The zero-order chi connectivity index (χ0) is 22.7. The first-order chi connectivity index (χ1) is 14.1. The number of carboxylic acids is 1. The van der Waals surface area contributed by atoms with E-state index in [-0.39, 0.29) is 12.2 Å². The van der Waals surface area contributed by atoms with Crippen LogP contribution in [0.4, 0.5) is 0 Å². The molecule has 0 saturated heterocycles. The van der Waals surface area contributed by atoms with Gasteiger partial charge in [-0.05, 0) is 5.56 Å². The molecule has 0 aliphatic heterocycles. The van der Waals surface area contributed by atoms with Crippen LogP contribution in [0.1, 0.15) is 12.0 Å². The summed E-state index contributed by atoms with van der Waals surface area (Å²) in [7, 11) is 0. The van der Waals surface area contributed by atoms with Crippen LogP contribution in [-0.4, -0.2) is 65.1 Å². The monoisotopic (exact) mass is 439 g/mol. The quantitative estimate of drug-likeness (QED) is 0.175. The van der Waals surface area contributed by atoms with Crippen molar-refractivity contribution in [2.75, 3.05) is 12.3 Å².